The minimum absolute atomic E-state index is 0.507. The molecule has 1 aliphatic rings. The van der Waals surface area contributed by atoms with Crippen LogP contribution in [0.4, 0.5) is 0 Å². The van der Waals surface area contributed by atoms with E-state index in [4.69, 9.17) is 0 Å². The van der Waals surface area contributed by atoms with E-state index in [2.05, 4.69) is 19.2 Å². The molecule has 0 saturated heterocycles. The highest BCUT2D eigenvalue weighted by molar-refractivity contribution is 5.74. The van der Waals surface area contributed by atoms with Gasteiger partial charge in [-0.1, -0.05) is 27.7 Å². The molecule has 3 nitrogen and oxygen atoms in total. The number of nitrogens with one attached hydrogen (secondary N) is 1. The molecule has 1 rings (SSSR count). The standard InChI is InChI=1S/C15H29NO2/c1-5-15(6-2,14(17)18)10-16-13-8-7-11(3)12(4)9-13/h11-13,16H,5-10H2,1-4H3,(H,17,18). The molecule has 0 radical (unpaired) electrons. The van der Waals surface area contributed by atoms with Crippen LogP contribution in [0.1, 0.15) is 59.8 Å². The molecule has 2 N–H and O–H groups in total. The van der Waals surface area contributed by atoms with Gasteiger partial charge in [0.2, 0.25) is 0 Å². The van der Waals surface area contributed by atoms with Crippen LogP contribution in [-0.4, -0.2) is 23.7 Å². The lowest BCUT2D eigenvalue weighted by Crippen LogP contribution is -2.45. The summed E-state index contributed by atoms with van der Waals surface area (Å²) in [7, 11) is 0. The molecule has 3 heteroatoms. The summed E-state index contributed by atoms with van der Waals surface area (Å²) in [5.41, 5.74) is -0.577. The molecule has 0 amide bonds. The number of rotatable bonds is 6. The maximum Gasteiger partial charge on any atom is 0.310 e. The second kappa shape index (κ2) is 6.55. The average Bonchev–Trinajstić information content (AvgIpc) is 2.35. The van der Waals surface area contributed by atoms with E-state index >= 15 is 0 Å². The zero-order valence-corrected chi connectivity index (χ0v) is 12.3. The Bertz CT molecular complexity index is 274. The van der Waals surface area contributed by atoms with Crippen molar-refractivity contribution in [1.82, 2.24) is 5.32 Å². The first kappa shape index (κ1) is 15.5. The molecular weight excluding hydrogens is 226 g/mol. The highest BCUT2D eigenvalue weighted by Gasteiger charge is 2.35. The van der Waals surface area contributed by atoms with E-state index in [0.29, 0.717) is 25.4 Å². The smallest absolute Gasteiger partial charge is 0.310 e. The second-order valence-electron chi connectivity index (χ2n) is 6.14. The maximum atomic E-state index is 11.4. The van der Waals surface area contributed by atoms with E-state index in [1.165, 1.54) is 19.3 Å². The van der Waals surface area contributed by atoms with Crippen molar-refractivity contribution >= 4 is 5.97 Å². The number of hydrogen-bond acceptors (Lipinski definition) is 2. The van der Waals surface area contributed by atoms with Gasteiger partial charge in [0.15, 0.2) is 0 Å². The van der Waals surface area contributed by atoms with Crippen molar-refractivity contribution in [2.75, 3.05) is 6.54 Å². The Hall–Kier alpha value is -0.570. The van der Waals surface area contributed by atoms with E-state index in [1.807, 2.05) is 13.8 Å². The summed E-state index contributed by atoms with van der Waals surface area (Å²) in [5.74, 6) is 0.903. The van der Waals surface area contributed by atoms with Gasteiger partial charge < -0.3 is 10.4 Å². The summed E-state index contributed by atoms with van der Waals surface area (Å²) in [5, 5.41) is 12.9. The van der Waals surface area contributed by atoms with E-state index in [0.717, 1.165) is 11.8 Å². The molecule has 0 bridgehead atoms. The average molecular weight is 255 g/mol. The van der Waals surface area contributed by atoms with Crippen molar-refractivity contribution in [2.24, 2.45) is 17.3 Å². The number of carbonyl (C=O) groups is 1. The van der Waals surface area contributed by atoms with Gasteiger partial charge in [0.25, 0.3) is 0 Å². The molecule has 0 aromatic heterocycles. The molecule has 0 spiro atoms. The van der Waals surface area contributed by atoms with E-state index < -0.39 is 11.4 Å². The third-order valence-corrected chi connectivity index (χ3v) is 5.13. The van der Waals surface area contributed by atoms with Gasteiger partial charge in [-0.3, -0.25) is 4.79 Å². The highest BCUT2D eigenvalue weighted by Crippen LogP contribution is 2.31. The monoisotopic (exact) mass is 255 g/mol. The predicted molar refractivity (Wildman–Crippen MR) is 74.6 cm³/mol. The van der Waals surface area contributed by atoms with Gasteiger partial charge in [-0.15, -0.1) is 0 Å². The van der Waals surface area contributed by atoms with Gasteiger partial charge in [0.1, 0.15) is 0 Å². The van der Waals surface area contributed by atoms with Crippen LogP contribution in [0.2, 0.25) is 0 Å². The summed E-state index contributed by atoms with van der Waals surface area (Å²) in [4.78, 5) is 11.4. The SMILES string of the molecule is CCC(CC)(CNC1CCC(C)C(C)C1)C(=O)O. The number of carboxylic acids is 1. The normalized spacial score (nSPS) is 29.2. The summed E-state index contributed by atoms with van der Waals surface area (Å²) in [6, 6.07) is 0.507. The van der Waals surface area contributed by atoms with Crippen molar-refractivity contribution in [3.63, 3.8) is 0 Å². The zero-order chi connectivity index (χ0) is 13.8. The van der Waals surface area contributed by atoms with Crippen LogP contribution in [0.25, 0.3) is 0 Å². The zero-order valence-electron chi connectivity index (χ0n) is 12.3. The molecule has 3 atom stereocenters. The summed E-state index contributed by atoms with van der Waals surface area (Å²) < 4.78 is 0. The van der Waals surface area contributed by atoms with Crippen molar-refractivity contribution in [3.8, 4) is 0 Å². The summed E-state index contributed by atoms with van der Waals surface area (Å²) in [6.07, 6.45) is 5.03. The van der Waals surface area contributed by atoms with Crippen molar-refractivity contribution in [2.45, 2.75) is 65.8 Å². The number of aliphatic carboxylic acids is 1. The first-order valence-electron chi connectivity index (χ1n) is 7.42. The van der Waals surface area contributed by atoms with Gasteiger partial charge >= 0.3 is 5.97 Å². The Kier molecular flexibility index (Phi) is 5.64. The second-order valence-corrected chi connectivity index (χ2v) is 6.14. The molecule has 1 aliphatic carbocycles. The van der Waals surface area contributed by atoms with Crippen LogP contribution < -0.4 is 5.32 Å². The number of carboxylic acid groups (broad SMARTS) is 1. The fourth-order valence-electron chi connectivity index (χ4n) is 2.95. The van der Waals surface area contributed by atoms with Crippen molar-refractivity contribution in [3.05, 3.63) is 0 Å². The predicted octanol–water partition coefficient (Wildman–Crippen LogP) is 3.29. The molecule has 0 aromatic carbocycles. The Labute approximate surface area is 111 Å². The van der Waals surface area contributed by atoms with Gasteiger partial charge in [-0.25, -0.2) is 0 Å². The third-order valence-electron chi connectivity index (χ3n) is 5.13. The van der Waals surface area contributed by atoms with Gasteiger partial charge in [0.05, 0.1) is 5.41 Å². The first-order valence-corrected chi connectivity index (χ1v) is 7.42. The Balaban J connectivity index is 2.50. The van der Waals surface area contributed by atoms with Crippen LogP contribution in [-0.2, 0) is 4.79 Å². The number of hydrogen-bond donors (Lipinski definition) is 2. The lowest BCUT2D eigenvalue weighted by molar-refractivity contribution is -0.149. The van der Waals surface area contributed by atoms with Crippen LogP contribution >= 0.6 is 0 Å². The van der Waals surface area contributed by atoms with Gasteiger partial charge in [0, 0.05) is 12.6 Å². The largest absolute Gasteiger partial charge is 0.481 e. The third kappa shape index (κ3) is 3.47. The van der Waals surface area contributed by atoms with E-state index in [-0.39, 0.29) is 0 Å². The molecule has 18 heavy (non-hydrogen) atoms. The Morgan fingerprint density at radius 3 is 2.28 bits per heavy atom. The molecule has 1 saturated carbocycles. The molecule has 0 aliphatic heterocycles. The molecule has 3 unspecified atom stereocenters. The summed E-state index contributed by atoms with van der Waals surface area (Å²) in [6.45, 7) is 9.19. The minimum atomic E-state index is -0.655. The Morgan fingerprint density at radius 2 is 1.83 bits per heavy atom. The topological polar surface area (TPSA) is 49.3 Å². The highest BCUT2D eigenvalue weighted by atomic mass is 16.4. The molecule has 0 aromatic rings. The van der Waals surface area contributed by atoms with Crippen molar-refractivity contribution in [1.29, 1.82) is 0 Å². The minimum Gasteiger partial charge on any atom is -0.481 e. The quantitative estimate of drug-likeness (QED) is 0.765. The lowest BCUT2D eigenvalue weighted by Gasteiger charge is -2.35. The van der Waals surface area contributed by atoms with E-state index in [1.54, 1.807) is 0 Å². The van der Waals surface area contributed by atoms with Crippen LogP contribution in [0.5, 0.6) is 0 Å². The van der Waals surface area contributed by atoms with Crippen LogP contribution in [0.3, 0.4) is 0 Å². The van der Waals surface area contributed by atoms with Gasteiger partial charge in [-0.2, -0.15) is 0 Å². The molecule has 1 fully saturated rings. The maximum absolute atomic E-state index is 11.4. The van der Waals surface area contributed by atoms with Crippen LogP contribution in [0.15, 0.2) is 0 Å². The lowest BCUT2D eigenvalue weighted by atomic mass is 9.78. The summed E-state index contributed by atoms with van der Waals surface area (Å²) >= 11 is 0. The Morgan fingerprint density at radius 1 is 1.22 bits per heavy atom. The fraction of sp³-hybridized carbons (Fsp3) is 0.933. The molecular formula is C15H29NO2. The van der Waals surface area contributed by atoms with Crippen molar-refractivity contribution < 1.29 is 9.90 Å². The molecule has 106 valence electrons. The van der Waals surface area contributed by atoms with Crippen LogP contribution in [0, 0.1) is 17.3 Å². The van der Waals surface area contributed by atoms with Gasteiger partial charge in [-0.05, 0) is 43.9 Å². The fourth-order valence-corrected chi connectivity index (χ4v) is 2.95. The van der Waals surface area contributed by atoms with E-state index in [9.17, 15) is 9.90 Å². The first-order chi connectivity index (χ1) is 8.45. The molecule has 0 heterocycles.